The van der Waals surface area contributed by atoms with Gasteiger partial charge in [-0.15, -0.1) is 0 Å². The Hall–Kier alpha value is -0.980. The van der Waals surface area contributed by atoms with Crippen LogP contribution in [0.15, 0.2) is 23.2 Å². The number of aromatic nitrogens is 1. The van der Waals surface area contributed by atoms with Crippen molar-refractivity contribution in [1.29, 1.82) is 0 Å². The van der Waals surface area contributed by atoms with Crippen LogP contribution in [0, 0.1) is 5.41 Å². The van der Waals surface area contributed by atoms with Crippen LogP contribution in [0.4, 0.5) is 0 Å². The molecule has 0 aliphatic rings. The molecule has 1 heterocycles. The van der Waals surface area contributed by atoms with Gasteiger partial charge in [-0.2, -0.15) is 0 Å². The molecule has 0 amide bonds. The van der Waals surface area contributed by atoms with Gasteiger partial charge in [0.2, 0.25) is 10.0 Å². The Bertz CT molecular complexity index is 492. The Labute approximate surface area is 109 Å². The number of nitrogens with one attached hydrogen (secondary N) is 1. The second-order valence-electron chi connectivity index (χ2n) is 5.36. The predicted octanol–water partition coefficient (Wildman–Crippen LogP) is 1.25. The van der Waals surface area contributed by atoms with Gasteiger partial charge in [0.05, 0.1) is 5.69 Å². The molecule has 102 valence electrons. The molecule has 3 N–H and O–H groups in total. The quantitative estimate of drug-likeness (QED) is 0.844. The summed E-state index contributed by atoms with van der Waals surface area (Å²) < 4.78 is 26.8. The molecule has 1 aromatic rings. The van der Waals surface area contributed by atoms with Crippen LogP contribution in [0.2, 0.25) is 0 Å². The summed E-state index contributed by atoms with van der Waals surface area (Å²) in [5, 5.41) is 0. The molecule has 0 aromatic carbocycles. The number of rotatable bonds is 5. The summed E-state index contributed by atoms with van der Waals surface area (Å²) in [7, 11) is -3.52. The third-order valence-corrected chi connectivity index (χ3v) is 4.03. The van der Waals surface area contributed by atoms with E-state index >= 15 is 0 Å². The molecule has 6 heteroatoms. The summed E-state index contributed by atoms with van der Waals surface area (Å²) in [5.41, 5.74) is 5.97. The molecule has 0 fully saturated rings. The average molecular weight is 271 g/mol. The van der Waals surface area contributed by atoms with Gasteiger partial charge in [0.1, 0.15) is 4.90 Å². The molecule has 0 saturated carbocycles. The van der Waals surface area contributed by atoms with Crippen molar-refractivity contribution in [3.8, 4) is 0 Å². The van der Waals surface area contributed by atoms with E-state index in [-0.39, 0.29) is 16.9 Å². The van der Waals surface area contributed by atoms with E-state index in [1.54, 1.807) is 6.07 Å². The fourth-order valence-corrected chi connectivity index (χ4v) is 2.69. The van der Waals surface area contributed by atoms with Gasteiger partial charge in [0.25, 0.3) is 0 Å². The van der Waals surface area contributed by atoms with Gasteiger partial charge >= 0.3 is 0 Å². The Morgan fingerprint density at radius 1 is 1.39 bits per heavy atom. The molecule has 0 atom stereocenters. The summed E-state index contributed by atoms with van der Waals surface area (Å²) in [4.78, 5) is 4.14. The van der Waals surface area contributed by atoms with E-state index in [4.69, 9.17) is 5.73 Å². The van der Waals surface area contributed by atoms with Crippen LogP contribution in [0.5, 0.6) is 0 Å². The molecule has 0 spiro atoms. The van der Waals surface area contributed by atoms with Crippen LogP contribution >= 0.6 is 0 Å². The van der Waals surface area contributed by atoms with Crippen LogP contribution in [-0.2, 0) is 16.6 Å². The molecule has 1 aromatic heterocycles. The second-order valence-corrected chi connectivity index (χ2v) is 7.10. The lowest BCUT2D eigenvalue weighted by atomic mass is 9.93. The van der Waals surface area contributed by atoms with Crippen molar-refractivity contribution in [3.63, 3.8) is 0 Å². The lowest BCUT2D eigenvalue weighted by molar-refractivity contribution is 0.378. The number of sulfonamides is 1. The Morgan fingerprint density at radius 3 is 2.61 bits per heavy atom. The minimum absolute atomic E-state index is 0.0914. The third kappa shape index (κ3) is 4.36. The van der Waals surface area contributed by atoms with Gasteiger partial charge in [0, 0.05) is 19.3 Å². The van der Waals surface area contributed by atoms with Crippen LogP contribution < -0.4 is 10.5 Å². The minimum atomic E-state index is -3.52. The van der Waals surface area contributed by atoms with Crippen LogP contribution in [0.3, 0.4) is 0 Å². The Balaban J connectivity index is 2.81. The molecule has 0 radical (unpaired) electrons. The van der Waals surface area contributed by atoms with Crippen molar-refractivity contribution in [2.45, 2.75) is 38.6 Å². The summed E-state index contributed by atoms with van der Waals surface area (Å²) in [6, 6.07) is 3.12. The zero-order valence-electron chi connectivity index (χ0n) is 11.1. The average Bonchev–Trinajstić information content (AvgIpc) is 2.27. The molecular formula is C12H21N3O2S. The molecule has 0 aliphatic heterocycles. The van der Waals surface area contributed by atoms with E-state index < -0.39 is 10.0 Å². The van der Waals surface area contributed by atoms with Crippen molar-refractivity contribution in [2.24, 2.45) is 11.1 Å². The fourth-order valence-electron chi connectivity index (χ4n) is 1.46. The summed E-state index contributed by atoms with van der Waals surface area (Å²) in [6.45, 7) is 6.71. The van der Waals surface area contributed by atoms with Crippen molar-refractivity contribution < 1.29 is 8.42 Å². The third-order valence-electron chi connectivity index (χ3n) is 2.50. The normalized spacial score (nSPS) is 12.7. The van der Waals surface area contributed by atoms with Crippen LogP contribution in [-0.4, -0.2) is 19.9 Å². The van der Waals surface area contributed by atoms with E-state index in [2.05, 4.69) is 30.5 Å². The number of nitrogens with two attached hydrogens (primary N) is 1. The van der Waals surface area contributed by atoms with Gasteiger partial charge in [-0.05, 0) is 24.0 Å². The smallest absolute Gasteiger partial charge is 0.242 e. The maximum Gasteiger partial charge on any atom is 0.242 e. The van der Waals surface area contributed by atoms with E-state index in [9.17, 15) is 8.42 Å². The molecule has 0 bridgehead atoms. The highest BCUT2D eigenvalue weighted by Crippen LogP contribution is 2.18. The molecule has 0 unspecified atom stereocenters. The highest BCUT2D eigenvalue weighted by molar-refractivity contribution is 7.89. The number of nitrogens with zero attached hydrogens (tertiary/aromatic N) is 1. The molecule has 0 aliphatic carbocycles. The standard InChI is InChI=1S/C12H21N3O2S/c1-12(2,3)6-8-15-18(16,17)11-5-4-7-14-10(11)9-13/h4-5,7,15H,6,8-9,13H2,1-3H3. The fraction of sp³-hybridized carbons (Fsp3) is 0.583. The first kappa shape index (κ1) is 15.1. The van der Waals surface area contributed by atoms with Crippen molar-refractivity contribution in [3.05, 3.63) is 24.0 Å². The SMILES string of the molecule is CC(C)(C)CCNS(=O)(=O)c1cccnc1CN. The molecule has 18 heavy (non-hydrogen) atoms. The highest BCUT2D eigenvalue weighted by atomic mass is 32.2. The number of pyridine rings is 1. The van der Waals surface area contributed by atoms with Gasteiger partial charge in [0.15, 0.2) is 0 Å². The monoisotopic (exact) mass is 271 g/mol. The Kier molecular flexibility index (Phi) is 4.84. The van der Waals surface area contributed by atoms with Crippen LogP contribution in [0.1, 0.15) is 32.9 Å². The summed E-state index contributed by atoms with van der Waals surface area (Å²) in [6.07, 6.45) is 2.31. The van der Waals surface area contributed by atoms with E-state index in [1.807, 2.05) is 0 Å². The topological polar surface area (TPSA) is 85.1 Å². The summed E-state index contributed by atoms with van der Waals surface area (Å²) in [5.74, 6) is 0. The van der Waals surface area contributed by atoms with Crippen molar-refractivity contribution in [2.75, 3.05) is 6.54 Å². The number of hydrogen-bond acceptors (Lipinski definition) is 4. The van der Waals surface area contributed by atoms with Crippen molar-refractivity contribution in [1.82, 2.24) is 9.71 Å². The Morgan fingerprint density at radius 2 is 2.06 bits per heavy atom. The largest absolute Gasteiger partial charge is 0.325 e. The molecular weight excluding hydrogens is 250 g/mol. The first-order valence-corrected chi connectivity index (χ1v) is 7.38. The van der Waals surface area contributed by atoms with Crippen LogP contribution in [0.25, 0.3) is 0 Å². The first-order valence-electron chi connectivity index (χ1n) is 5.90. The first-order chi connectivity index (χ1) is 8.26. The lowest BCUT2D eigenvalue weighted by Gasteiger charge is -2.18. The van der Waals surface area contributed by atoms with Gasteiger partial charge in [-0.25, -0.2) is 13.1 Å². The zero-order valence-corrected chi connectivity index (χ0v) is 11.9. The predicted molar refractivity (Wildman–Crippen MR) is 71.4 cm³/mol. The number of hydrogen-bond donors (Lipinski definition) is 2. The maximum atomic E-state index is 12.1. The van der Waals surface area contributed by atoms with Crippen molar-refractivity contribution >= 4 is 10.0 Å². The van der Waals surface area contributed by atoms with E-state index in [0.29, 0.717) is 12.2 Å². The lowest BCUT2D eigenvalue weighted by Crippen LogP contribution is -2.28. The second kappa shape index (κ2) is 5.77. The van der Waals surface area contributed by atoms with E-state index in [0.717, 1.165) is 6.42 Å². The molecule has 0 saturated heterocycles. The molecule has 5 nitrogen and oxygen atoms in total. The highest BCUT2D eigenvalue weighted by Gasteiger charge is 2.19. The summed E-state index contributed by atoms with van der Waals surface area (Å²) >= 11 is 0. The molecule has 1 rings (SSSR count). The minimum Gasteiger partial charge on any atom is -0.325 e. The van der Waals surface area contributed by atoms with Gasteiger partial charge < -0.3 is 5.73 Å². The van der Waals surface area contributed by atoms with Gasteiger partial charge in [-0.1, -0.05) is 20.8 Å². The zero-order chi connectivity index (χ0) is 13.8. The van der Waals surface area contributed by atoms with E-state index in [1.165, 1.54) is 12.3 Å². The maximum absolute atomic E-state index is 12.1. The van der Waals surface area contributed by atoms with Gasteiger partial charge in [-0.3, -0.25) is 4.98 Å².